The van der Waals surface area contributed by atoms with Crippen LogP contribution in [0.3, 0.4) is 0 Å². The zero-order valence-electron chi connectivity index (χ0n) is 15.2. The molecule has 1 saturated carbocycles. The van der Waals surface area contributed by atoms with Gasteiger partial charge in [0.25, 0.3) is 5.91 Å². The molecular weight excluding hydrogens is 316 g/mol. The van der Waals surface area contributed by atoms with Crippen LogP contribution in [-0.4, -0.2) is 43.9 Å². The summed E-state index contributed by atoms with van der Waals surface area (Å²) in [5.74, 6) is -0.0250. The Kier molecular flexibility index (Phi) is 6.32. The summed E-state index contributed by atoms with van der Waals surface area (Å²) in [4.78, 5) is 14.8. The van der Waals surface area contributed by atoms with Crippen LogP contribution in [0.2, 0.25) is 0 Å². The molecule has 5 heteroatoms. The molecule has 0 radical (unpaired) electrons. The number of fused-ring (bicyclic) bond motifs is 1. The zero-order chi connectivity index (χ0) is 17.6. The van der Waals surface area contributed by atoms with Crippen LogP contribution in [0.5, 0.6) is 0 Å². The average Bonchev–Trinajstić information content (AvgIpc) is 2.66. The number of carbonyl (C=O) groups is 1. The minimum Gasteiger partial charge on any atom is -0.388 e. The quantitative estimate of drug-likeness (QED) is 0.860. The number of benzene rings is 1. The summed E-state index contributed by atoms with van der Waals surface area (Å²) in [6, 6.07) is 6.09. The van der Waals surface area contributed by atoms with Crippen LogP contribution in [0, 0.1) is 0 Å². The van der Waals surface area contributed by atoms with Gasteiger partial charge in [-0.1, -0.05) is 12.8 Å². The van der Waals surface area contributed by atoms with Gasteiger partial charge in [-0.2, -0.15) is 0 Å². The van der Waals surface area contributed by atoms with Gasteiger partial charge in [-0.15, -0.1) is 0 Å². The van der Waals surface area contributed by atoms with Gasteiger partial charge < -0.3 is 20.1 Å². The zero-order valence-corrected chi connectivity index (χ0v) is 15.2. The van der Waals surface area contributed by atoms with Crippen LogP contribution >= 0.6 is 0 Å². The number of aliphatic hydroxyl groups is 1. The molecule has 1 aromatic rings. The molecule has 3 rings (SSSR count). The van der Waals surface area contributed by atoms with E-state index >= 15 is 0 Å². The van der Waals surface area contributed by atoms with Crippen molar-refractivity contribution < 1.29 is 14.6 Å². The molecule has 25 heavy (non-hydrogen) atoms. The number of amides is 1. The van der Waals surface area contributed by atoms with Gasteiger partial charge in [0.1, 0.15) is 0 Å². The lowest BCUT2D eigenvalue weighted by atomic mass is 9.92. The Bertz CT molecular complexity index is 586. The molecule has 0 spiro atoms. The van der Waals surface area contributed by atoms with Crippen LogP contribution in [-0.2, 0) is 4.74 Å². The van der Waals surface area contributed by atoms with Crippen molar-refractivity contribution in [1.82, 2.24) is 5.32 Å². The van der Waals surface area contributed by atoms with Crippen molar-refractivity contribution in [3.63, 3.8) is 0 Å². The van der Waals surface area contributed by atoms with Crippen molar-refractivity contribution in [3.8, 4) is 0 Å². The van der Waals surface area contributed by atoms with Gasteiger partial charge in [-0.25, -0.2) is 0 Å². The lowest BCUT2D eigenvalue weighted by Gasteiger charge is -2.29. The summed E-state index contributed by atoms with van der Waals surface area (Å²) >= 11 is 0. The maximum Gasteiger partial charge on any atom is 0.251 e. The molecule has 1 amide bonds. The van der Waals surface area contributed by atoms with Gasteiger partial charge in [0, 0.05) is 43.1 Å². The summed E-state index contributed by atoms with van der Waals surface area (Å²) < 4.78 is 5.25. The van der Waals surface area contributed by atoms with Gasteiger partial charge in [0.15, 0.2) is 0 Å². The molecular formula is C20H30N2O3. The third-order valence-electron chi connectivity index (χ3n) is 5.40. The Balaban J connectivity index is 1.85. The van der Waals surface area contributed by atoms with Crippen LogP contribution < -0.4 is 10.2 Å². The Labute approximate surface area is 150 Å². The average molecular weight is 346 g/mol. The molecule has 1 heterocycles. The molecule has 0 aromatic heterocycles. The van der Waals surface area contributed by atoms with E-state index in [4.69, 9.17) is 4.74 Å². The maximum atomic E-state index is 12.5. The molecule has 1 unspecified atom stereocenters. The van der Waals surface area contributed by atoms with Crippen LogP contribution in [0.15, 0.2) is 18.2 Å². The van der Waals surface area contributed by atoms with Crippen molar-refractivity contribution in [1.29, 1.82) is 0 Å². The molecule has 1 fully saturated rings. The van der Waals surface area contributed by atoms with E-state index in [0.29, 0.717) is 18.2 Å². The first-order chi connectivity index (χ1) is 12.2. The first-order valence-electron chi connectivity index (χ1n) is 9.56. The van der Waals surface area contributed by atoms with Gasteiger partial charge in [-0.05, 0) is 50.3 Å². The number of rotatable bonds is 5. The molecule has 2 aliphatic rings. The van der Waals surface area contributed by atoms with Gasteiger partial charge in [-0.3, -0.25) is 4.79 Å². The molecule has 1 atom stereocenters. The summed E-state index contributed by atoms with van der Waals surface area (Å²) in [5.41, 5.74) is 2.56. The van der Waals surface area contributed by atoms with E-state index in [1.807, 2.05) is 18.2 Å². The molecule has 0 bridgehead atoms. The normalized spacial score (nSPS) is 21.5. The second-order valence-corrected chi connectivity index (χ2v) is 7.22. The van der Waals surface area contributed by atoms with Crippen LogP contribution in [0.1, 0.15) is 67.0 Å². The molecule has 138 valence electrons. The van der Waals surface area contributed by atoms with Gasteiger partial charge in [0.2, 0.25) is 0 Å². The minimum atomic E-state index is -0.519. The van der Waals surface area contributed by atoms with E-state index in [9.17, 15) is 9.90 Å². The Morgan fingerprint density at radius 3 is 2.80 bits per heavy atom. The molecule has 1 aliphatic carbocycles. The highest BCUT2D eigenvalue weighted by Gasteiger charge is 2.23. The fraction of sp³-hybridized carbons (Fsp3) is 0.650. The molecule has 1 aromatic carbocycles. The summed E-state index contributed by atoms with van der Waals surface area (Å²) in [6.07, 6.45) is 6.81. The molecule has 0 saturated heterocycles. The largest absolute Gasteiger partial charge is 0.388 e. The molecule has 2 N–H and O–H groups in total. The highest BCUT2D eigenvalue weighted by molar-refractivity contribution is 5.95. The number of anilines is 1. The topological polar surface area (TPSA) is 61.8 Å². The number of hydrogen-bond acceptors (Lipinski definition) is 4. The van der Waals surface area contributed by atoms with Crippen molar-refractivity contribution in [2.24, 2.45) is 0 Å². The van der Waals surface area contributed by atoms with E-state index < -0.39 is 6.10 Å². The number of aliphatic hydroxyl groups excluding tert-OH is 1. The van der Waals surface area contributed by atoms with Crippen LogP contribution in [0.25, 0.3) is 0 Å². The van der Waals surface area contributed by atoms with E-state index in [2.05, 4.69) is 10.2 Å². The van der Waals surface area contributed by atoms with E-state index in [1.54, 1.807) is 7.11 Å². The standard InChI is InChI=1S/C20H30N2O3/c1-25-13-12-22-11-4-2-3-8-19(23)17-14-15(9-10-18(17)22)20(24)21-16-6-5-7-16/h9-10,14,16,19,23H,2-8,11-13H2,1H3,(H,21,24). The number of carbonyl (C=O) groups excluding carboxylic acids is 1. The third kappa shape index (κ3) is 4.53. The molecule has 5 nitrogen and oxygen atoms in total. The predicted octanol–water partition coefficient (Wildman–Crippen LogP) is 3.03. The van der Waals surface area contributed by atoms with Crippen molar-refractivity contribution in [2.45, 2.75) is 57.1 Å². The van der Waals surface area contributed by atoms with E-state index in [-0.39, 0.29) is 5.91 Å². The molecule has 1 aliphatic heterocycles. The Morgan fingerprint density at radius 1 is 1.24 bits per heavy atom. The number of ether oxygens (including phenoxy) is 1. The first kappa shape index (κ1) is 18.2. The van der Waals surface area contributed by atoms with Crippen molar-refractivity contribution in [2.75, 3.05) is 31.7 Å². The number of hydrogen-bond donors (Lipinski definition) is 2. The second kappa shape index (κ2) is 8.68. The lowest BCUT2D eigenvalue weighted by Crippen LogP contribution is -2.39. The van der Waals surface area contributed by atoms with Crippen molar-refractivity contribution >= 4 is 11.6 Å². The highest BCUT2D eigenvalue weighted by atomic mass is 16.5. The highest BCUT2D eigenvalue weighted by Crippen LogP contribution is 2.32. The van der Waals surface area contributed by atoms with Crippen LogP contribution in [0.4, 0.5) is 5.69 Å². The SMILES string of the molecule is COCCN1CCCCCC(O)c2cc(C(=O)NC3CCC3)ccc21. The van der Waals surface area contributed by atoms with Gasteiger partial charge >= 0.3 is 0 Å². The fourth-order valence-electron chi connectivity index (χ4n) is 3.60. The fourth-order valence-corrected chi connectivity index (χ4v) is 3.60. The Hall–Kier alpha value is -1.59. The third-order valence-corrected chi connectivity index (χ3v) is 5.40. The second-order valence-electron chi connectivity index (χ2n) is 7.22. The smallest absolute Gasteiger partial charge is 0.251 e. The van der Waals surface area contributed by atoms with Gasteiger partial charge in [0.05, 0.1) is 12.7 Å². The minimum absolute atomic E-state index is 0.0250. The lowest BCUT2D eigenvalue weighted by molar-refractivity contribution is 0.0916. The summed E-state index contributed by atoms with van der Waals surface area (Å²) in [7, 11) is 1.71. The maximum absolute atomic E-state index is 12.5. The predicted molar refractivity (Wildman–Crippen MR) is 99.1 cm³/mol. The summed E-state index contributed by atoms with van der Waals surface area (Å²) in [5, 5.41) is 13.8. The number of nitrogens with one attached hydrogen (secondary N) is 1. The monoisotopic (exact) mass is 346 g/mol. The Morgan fingerprint density at radius 2 is 2.08 bits per heavy atom. The summed E-state index contributed by atoms with van der Waals surface area (Å²) in [6.45, 7) is 2.40. The number of methoxy groups -OCH3 is 1. The van der Waals surface area contributed by atoms with Crippen molar-refractivity contribution in [3.05, 3.63) is 29.3 Å². The van der Waals surface area contributed by atoms with E-state index in [1.165, 1.54) is 6.42 Å². The first-order valence-corrected chi connectivity index (χ1v) is 9.56. The van der Waals surface area contributed by atoms with E-state index in [0.717, 1.165) is 62.9 Å². The number of nitrogens with zero attached hydrogens (tertiary/aromatic N) is 1.